The standard InChI is InChI=1S/C20H26N6O/c1-24-15-21-23-20(24)17-6-10-25(11-7-17)13-16-4-5-19(27-2)18(12-16)14-26-9-3-8-22-26/h3-5,8-9,12,15,17H,6-7,10-11,13-14H2,1-2H3. The van der Waals surface area contributed by atoms with Crippen LogP contribution >= 0.6 is 0 Å². The van der Waals surface area contributed by atoms with E-state index in [1.165, 1.54) is 5.56 Å². The van der Waals surface area contributed by atoms with Gasteiger partial charge in [-0.2, -0.15) is 5.10 Å². The smallest absolute Gasteiger partial charge is 0.135 e. The number of nitrogens with zero attached hydrogens (tertiary/aromatic N) is 6. The zero-order chi connectivity index (χ0) is 18.6. The first-order valence-electron chi connectivity index (χ1n) is 9.42. The van der Waals surface area contributed by atoms with Crippen molar-refractivity contribution in [1.29, 1.82) is 0 Å². The lowest BCUT2D eigenvalue weighted by molar-refractivity contribution is 0.200. The summed E-state index contributed by atoms with van der Waals surface area (Å²) in [4.78, 5) is 2.52. The molecule has 0 spiro atoms. The molecule has 2 aromatic heterocycles. The zero-order valence-corrected chi connectivity index (χ0v) is 16.0. The van der Waals surface area contributed by atoms with E-state index in [1.807, 2.05) is 28.6 Å². The van der Waals surface area contributed by atoms with E-state index in [2.05, 4.69) is 38.4 Å². The Balaban J connectivity index is 1.40. The predicted molar refractivity (Wildman–Crippen MR) is 103 cm³/mol. The lowest BCUT2D eigenvalue weighted by atomic mass is 9.95. The van der Waals surface area contributed by atoms with E-state index in [0.717, 1.165) is 56.2 Å². The molecule has 0 N–H and O–H groups in total. The molecule has 7 nitrogen and oxygen atoms in total. The molecule has 1 aliphatic heterocycles. The summed E-state index contributed by atoms with van der Waals surface area (Å²) in [5.41, 5.74) is 2.47. The molecule has 0 aliphatic carbocycles. The van der Waals surface area contributed by atoms with Gasteiger partial charge in [0, 0.05) is 37.5 Å². The molecule has 0 saturated carbocycles. The SMILES string of the molecule is COc1ccc(CN2CCC(c3nncn3C)CC2)cc1Cn1cccn1. The van der Waals surface area contributed by atoms with Crippen molar-refractivity contribution in [2.45, 2.75) is 31.8 Å². The zero-order valence-electron chi connectivity index (χ0n) is 16.0. The quantitative estimate of drug-likeness (QED) is 0.671. The van der Waals surface area contributed by atoms with Crippen LogP contribution in [-0.4, -0.2) is 49.6 Å². The van der Waals surface area contributed by atoms with Crippen LogP contribution < -0.4 is 4.74 Å². The number of likely N-dealkylation sites (tertiary alicyclic amines) is 1. The molecular weight excluding hydrogens is 340 g/mol. The van der Waals surface area contributed by atoms with Gasteiger partial charge in [-0.15, -0.1) is 10.2 Å². The minimum atomic E-state index is 0.514. The molecular formula is C20H26N6O. The Kier molecular flexibility index (Phi) is 5.20. The highest BCUT2D eigenvalue weighted by molar-refractivity contribution is 5.37. The van der Waals surface area contributed by atoms with Crippen molar-refractivity contribution in [2.24, 2.45) is 7.05 Å². The van der Waals surface area contributed by atoms with E-state index in [4.69, 9.17) is 4.74 Å². The van der Waals surface area contributed by atoms with Gasteiger partial charge in [0.1, 0.15) is 17.9 Å². The Morgan fingerprint density at radius 1 is 1.19 bits per heavy atom. The molecule has 4 rings (SSSR count). The normalized spacial score (nSPS) is 15.9. The summed E-state index contributed by atoms with van der Waals surface area (Å²) < 4.78 is 9.51. The van der Waals surface area contributed by atoms with Crippen molar-refractivity contribution in [2.75, 3.05) is 20.2 Å². The van der Waals surface area contributed by atoms with Crippen LogP contribution in [0.2, 0.25) is 0 Å². The fourth-order valence-corrected chi connectivity index (χ4v) is 3.89. The van der Waals surface area contributed by atoms with Crippen molar-refractivity contribution < 1.29 is 4.74 Å². The van der Waals surface area contributed by atoms with Gasteiger partial charge in [0.2, 0.25) is 0 Å². The maximum Gasteiger partial charge on any atom is 0.135 e. The van der Waals surface area contributed by atoms with Crippen molar-refractivity contribution in [3.8, 4) is 5.75 Å². The van der Waals surface area contributed by atoms with Gasteiger partial charge in [0.25, 0.3) is 0 Å². The Morgan fingerprint density at radius 2 is 2.04 bits per heavy atom. The maximum atomic E-state index is 5.54. The fraction of sp³-hybridized carbons (Fsp3) is 0.450. The monoisotopic (exact) mass is 366 g/mol. The second kappa shape index (κ2) is 7.92. The third-order valence-electron chi connectivity index (χ3n) is 5.34. The van der Waals surface area contributed by atoms with Gasteiger partial charge in [-0.05, 0) is 49.7 Å². The molecule has 1 aliphatic rings. The Labute approximate surface area is 159 Å². The summed E-state index contributed by atoms with van der Waals surface area (Å²) in [7, 11) is 3.75. The molecule has 7 heteroatoms. The molecule has 3 aromatic rings. The molecule has 0 radical (unpaired) electrons. The van der Waals surface area contributed by atoms with Crippen molar-refractivity contribution >= 4 is 0 Å². The lowest BCUT2D eigenvalue weighted by Gasteiger charge is -2.31. The number of methoxy groups -OCH3 is 1. The number of aromatic nitrogens is 5. The molecule has 0 unspecified atom stereocenters. The average Bonchev–Trinajstić information content (AvgIpc) is 3.34. The summed E-state index contributed by atoms with van der Waals surface area (Å²) >= 11 is 0. The third-order valence-corrected chi connectivity index (χ3v) is 5.34. The van der Waals surface area contributed by atoms with Gasteiger partial charge in [-0.1, -0.05) is 6.07 Å². The number of hydrogen-bond acceptors (Lipinski definition) is 5. The summed E-state index contributed by atoms with van der Waals surface area (Å²) in [5.74, 6) is 2.54. The Hall–Kier alpha value is -2.67. The van der Waals surface area contributed by atoms with Gasteiger partial charge in [0.15, 0.2) is 0 Å². The van der Waals surface area contributed by atoms with Gasteiger partial charge in [-0.3, -0.25) is 9.58 Å². The Morgan fingerprint density at radius 3 is 2.70 bits per heavy atom. The molecule has 142 valence electrons. The van der Waals surface area contributed by atoms with Crippen LogP contribution in [0.15, 0.2) is 43.0 Å². The van der Waals surface area contributed by atoms with Crippen LogP contribution in [0.4, 0.5) is 0 Å². The van der Waals surface area contributed by atoms with Crippen LogP contribution in [-0.2, 0) is 20.1 Å². The van der Waals surface area contributed by atoms with Gasteiger partial charge in [-0.25, -0.2) is 0 Å². The first-order chi connectivity index (χ1) is 13.2. The van der Waals surface area contributed by atoms with Crippen molar-refractivity contribution in [3.63, 3.8) is 0 Å². The average molecular weight is 366 g/mol. The molecule has 1 fully saturated rings. The maximum absolute atomic E-state index is 5.54. The van der Waals surface area contributed by atoms with Gasteiger partial charge < -0.3 is 9.30 Å². The van der Waals surface area contributed by atoms with E-state index in [9.17, 15) is 0 Å². The number of ether oxygens (including phenoxy) is 1. The molecule has 1 aromatic carbocycles. The van der Waals surface area contributed by atoms with E-state index < -0.39 is 0 Å². The highest BCUT2D eigenvalue weighted by atomic mass is 16.5. The van der Waals surface area contributed by atoms with Crippen LogP contribution in [0.25, 0.3) is 0 Å². The fourth-order valence-electron chi connectivity index (χ4n) is 3.89. The summed E-state index contributed by atoms with van der Waals surface area (Å²) in [6, 6.07) is 8.42. The first-order valence-corrected chi connectivity index (χ1v) is 9.42. The van der Waals surface area contributed by atoms with Crippen LogP contribution in [0, 0.1) is 0 Å². The van der Waals surface area contributed by atoms with E-state index in [-0.39, 0.29) is 0 Å². The predicted octanol–water partition coefficient (Wildman–Crippen LogP) is 2.45. The van der Waals surface area contributed by atoms with Crippen molar-refractivity contribution in [3.05, 3.63) is 59.9 Å². The summed E-state index contributed by atoms with van der Waals surface area (Å²) in [6.07, 6.45) is 7.83. The summed E-state index contributed by atoms with van der Waals surface area (Å²) in [5, 5.41) is 12.6. The number of piperidine rings is 1. The van der Waals surface area contributed by atoms with E-state index in [0.29, 0.717) is 5.92 Å². The minimum absolute atomic E-state index is 0.514. The second-order valence-electron chi connectivity index (χ2n) is 7.20. The molecule has 1 saturated heterocycles. The van der Waals surface area contributed by atoms with E-state index >= 15 is 0 Å². The van der Waals surface area contributed by atoms with Crippen LogP contribution in [0.3, 0.4) is 0 Å². The number of aryl methyl sites for hydroxylation is 1. The van der Waals surface area contributed by atoms with Crippen molar-refractivity contribution in [1.82, 2.24) is 29.4 Å². The van der Waals surface area contributed by atoms with E-state index in [1.54, 1.807) is 19.6 Å². The molecule has 0 amide bonds. The molecule has 0 bridgehead atoms. The van der Waals surface area contributed by atoms with Gasteiger partial charge >= 0.3 is 0 Å². The number of benzene rings is 1. The molecule has 3 heterocycles. The molecule has 0 atom stereocenters. The number of hydrogen-bond donors (Lipinski definition) is 0. The lowest BCUT2D eigenvalue weighted by Crippen LogP contribution is -2.33. The largest absolute Gasteiger partial charge is 0.496 e. The third kappa shape index (κ3) is 4.03. The summed E-state index contributed by atoms with van der Waals surface area (Å²) in [6.45, 7) is 3.84. The highest BCUT2D eigenvalue weighted by Gasteiger charge is 2.24. The van der Waals surface area contributed by atoms with Crippen LogP contribution in [0.5, 0.6) is 5.75 Å². The topological polar surface area (TPSA) is 61.0 Å². The highest BCUT2D eigenvalue weighted by Crippen LogP contribution is 2.28. The van der Waals surface area contributed by atoms with Crippen LogP contribution in [0.1, 0.15) is 35.7 Å². The Bertz CT molecular complexity index is 864. The minimum Gasteiger partial charge on any atom is -0.496 e. The number of rotatable bonds is 6. The molecule has 27 heavy (non-hydrogen) atoms. The van der Waals surface area contributed by atoms with Gasteiger partial charge in [0.05, 0.1) is 13.7 Å². The second-order valence-corrected chi connectivity index (χ2v) is 7.20. The first kappa shape index (κ1) is 17.7.